The van der Waals surface area contributed by atoms with Gasteiger partial charge in [0.15, 0.2) is 11.5 Å². The lowest BCUT2D eigenvalue weighted by Crippen LogP contribution is -2.25. The zero-order valence-electron chi connectivity index (χ0n) is 11.3. The van der Waals surface area contributed by atoms with Gasteiger partial charge in [-0.3, -0.25) is 4.79 Å². The Balaban J connectivity index is 2.57. The molecule has 0 aromatic heterocycles. The lowest BCUT2D eigenvalue weighted by atomic mass is 10.1. The molecule has 0 aliphatic heterocycles. The van der Waals surface area contributed by atoms with Crippen molar-refractivity contribution in [2.45, 2.75) is 6.42 Å². The van der Waals surface area contributed by atoms with Crippen molar-refractivity contribution < 1.29 is 14.3 Å². The molecule has 1 rings (SSSR count). The van der Waals surface area contributed by atoms with Crippen LogP contribution in [0, 0.1) is 0 Å². The van der Waals surface area contributed by atoms with Crippen LogP contribution in [0.2, 0.25) is 0 Å². The van der Waals surface area contributed by atoms with E-state index in [4.69, 9.17) is 15.2 Å². The van der Waals surface area contributed by atoms with E-state index in [2.05, 4.69) is 5.32 Å². The van der Waals surface area contributed by atoms with E-state index in [0.717, 1.165) is 5.56 Å². The summed E-state index contributed by atoms with van der Waals surface area (Å²) in [6, 6.07) is 5.43. The van der Waals surface area contributed by atoms with Gasteiger partial charge in [-0.15, -0.1) is 0 Å². The Morgan fingerprint density at radius 3 is 2.63 bits per heavy atom. The van der Waals surface area contributed by atoms with Crippen LogP contribution in [-0.4, -0.2) is 33.2 Å². The van der Waals surface area contributed by atoms with Gasteiger partial charge in [-0.2, -0.15) is 0 Å². The van der Waals surface area contributed by atoms with E-state index in [1.807, 2.05) is 12.1 Å². The van der Waals surface area contributed by atoms with Gasteiger partial charge in [0.2, 0.25) is 5.91 Å². The molecule has 3 N–H and O–H groups in total. The molecule has 0 fully saturated rings. The molecule has 0 unspecified atom stereocenters. The second kappa shape index (κ2) is 8.16. The Morgan fingerprint density at radius 2 is 2.00 bits per heavy atom. The first-order valence-electron chi connectivity index (χ1n) is 6.04. The van der Waals surface area contributed by atoms with Crippen molar-refractivity contribution in [3.8, 4) is 11.5 Å². The van der Waals surface area contributed by atoms with E-state index in [9.17, 15) is 4.79 Å². The number of ether oxygens (including phenoxy) is 2. The summed E-state index contributed by atoms with van der Waals surface area (Å²) in [6.07, 6.45) is 3.93. The predicted octanol–water partition coefficient (Wildman–Crippen LogP) is 0.877. The minimum absolute atomic E-state index is 0.0473. The third-order valence-corrected chi connectivity index (χ3v) is 2.53. The van der Waals surface area contributed by atoms with E-state index in [0.29, 0.717) is 31.0 Å². The van der Waals surface area contributed by atoms with E-state index in [-0.39, 0.29) is 5.91 Å². The van der Waals surface area contributed by atoms with Crippen molar-refractivity contribution in [1.29, 1.82) is 0 Å². The van der Waals surface area contributed by atoms with Crippen LogP contribution in [0.4, 0.5) is 0 Å². The summed E-state index contributed by atoms with van der Waals surface area (Å²) in [5, 5.41) is 2.78. The number of amides is 1. The van der Waals surface area contributed by atoms with Crippen LogP contribution in [0.25, 0.3) is 0 Å². The summed E-state index contributed by atoms with van der Waals surface area (Å²) in [5.41, 5.74) is 6.18. The highest BCUT2D eigenvalue weighted by Crippen LogP contribution is 2.27. The second-order valence-electron chi connectivity index (χ2n) is 3.88. The van der Waals surface area contributed by atoms with Crippen LogP contribution in [0.3, 0.4) is 0 Å². The van der Waals surface area contributed by atoms with E-state index < -0.39 is 0 Å². The lowest BCUT2D eigenvalue weighted by molar-refractivity contribution is -0.120. The molecule has 104 valence electrons. The number of hydrogen-bond donors (Lipinski definition) is 2. The van der Waals surface area contributed by atoms with Gasteiger partial charge >= 0.3 is 0 Å². The molecule has 0 saturated carbocycles. The summed E-state index contributed by atoms with van der Waals surface area (Å²) in [4.78, 5) is 11.7. The Bertz CT molecular complexity index is 444. The van der Waals surface area contributed by atoms with Crippen molar-refractivity contribution in [2.75, 3.05) is 27.3 Å². The molecule has 1 amide bonds. The summed E-state index contributed by atoms with van der Waals surface area (Å²) in [7, 11) is 3.15. The maximum absolute atomic E-state index is 11.7. The molecule has 0 saturated heterocycles. The number of carbonyl (C=O) groups excluding carboxylic acids is 1. The maximum Gasteiger partial charge on any atom is 0.224 e. The molecule has 1 aromatic carbocycles. The molecule has 0 aliphatic rings. The summed E-state index contributed by atoms with van der Waals surface area (Å²) in [6.45, 7) is 0.967. The first-order valence-corrected chi connectivity index (χ1v) is 6.04. The minimum Gasteiger partial charge on any atom is -0.493 e. The molecule has 0 aliphatic carbocycles. The smallest absolute Gasteiger partial charge is 0.224 e. The standard InChI is InChI=1S/C14H20N2O3/c1-18-12-6-5-11(9-13(12)19-2)10-14(17)16-8-4-3-7-15/h3-6,9H,7-8,10,15H2,1-2H3,(H,16,17)/b4-3+. The number of hydrogen-bond acceptors (Lipinski definition) is 4. The van der Waals surface area contributed by atoms with E-state index in [1.54, 1.807) is 32.4 Å². The maximum atomic E-state index is 11.7. The summed E-state index contributed by atoms with van der Waals surface area (Å²) in [5.74, 6) is 1.22. The van der Waals surface area contributed by atoms with Crippen LogP contribution >= 0.6 is 0 Å². The van der Waals surface area contributed by atoms with Crippen LogP contribution in [-0.2, 0) is 11.2 Å². The van der Waals surface area contributed by atoms with Gasteiger partial charge < -0.3 is 20.5 Å². The van der Waals surface area contributed by atoms with Gasteiger partial charge in [-0.25, -0.2) is 0 Å². The molecule has 1 aromatic rings. The molecular weight excluding hydrogens is 244 g/mol. The Kier molecular flexibility index (Phi) is 6.46. The predicted molar refractivity (Wildman–Crippen MR) is 74.5 cm³/mol. The summed E-state index contributed by atoms with van der Waals surface area (Å²) >= 11 is 0. The van der Waals surface area contributed by atoms with Crippen molar-refractivity contribution in [2.24, 2.45) is 5.73 Å². The van der Waals surface area contributed by atoms with Gasteiger partial charge in [-0.1, -0.05) is 18.2 Å². The van der Waals surface area contributed by atoms with Crippen LogP contribution < -0.4 is 20.5 Å². The Hall–Kier alpha value is -2.01. The lowest BCUT2D eigenvalue weighted by Gasteiger charge is -2.09. The highest BCUT2D eigenvalue weighted by Gasteiger charge is 2.07. The average Bonchev–Trinajstić information content (AvgIpc) is 2.43. The van der Waals surface area contributed by atoms with Gasteiger partial charge in [0.1, 0.15) is 0 Å². The fourth-order valence-corrected chi connectivity index (χ4v) is 1.59. The zero-order valence-corrected chi connectivity index (χ0v) is 11.3. The topological polar surface area (TPSA) is 73.6 Å². The number of nitrogens with one attached hydrogen (secondary N) is 1. The zero-order chi connectivity index (χ0) is 14.1. The molecule has 0 atom stereocenters. The molecular formula is C14H20N2O3. The highest BCUT2D eigenvalue weighted by atomic mass is 16.5. The third kappa shape index (κ3) is 5.01. The molecule has 0 spiro atoms. The molecule has 5 heteroatoms. The quantitative estimate of drug-likeness (QED) is 0.717. The van der Waals surface area contributed by atoms with Crippen LogP contribution in [0.5, 0.6) is 11.5 Å². The van der Waals surface area contributed by atoms with E-state index in [1.165, 1.54) is 0 Å². The average molecular weight is 264 g/mol. The minimum atomic E-state index is -0.0473. The third-order valence-electron chi connectivity index (χ3n) is 2.53. The normalized spacial score (nSPS) is 10.5. The van der Waals surface area contributed by atoms with Gasteiger partial charge in [0, 0.05) is 13.1 Å². The molecule has 0 bridgehead atoms. The Morgan fingerprint density at radius 1 is 1.26 bits per heavy atom. The van der Waals surface area contributed by atoms with Crippen molar-refractivity contribution >= 4 is 5.91 Å². The Labute approximate surface area is 113 Å². The molecule has 19 heavy (non-hydrogen) atoms. The fourth-order valence-electron chi connectivity index (χ4n) is 1.59. The molecule has 0 heterocycles. The largest absolute Gasteiger partial charge is 0.493 e. The van der Waals surface area contributed by atoms with E-state index >= 15 is 0 Å². The molecule has 0 radical (unpaired) electrons. The van der Waals surface area contributed by atoms with Crippen LogP contribution in [0.1, 0.15) is 5.56 Å². The summed E-state index contributed by atoms with van der Waals surface area (Å²) < 4.78 is 10.3. The molecule has 5 nitrogen and oxygen atoms in total. The van der Waals surface area contributed by atoms with Crippen molar-refractivity contribution in [1.82, 2.24) is 5.32 Å². The number of rotatable bonds is 7. The van der Waals surface area contributed by atoms with Crippen molar-refractivity contribution in [3.05, 3.63) is 35.9 Å². The van der Waals surface area contributed by atoms with Gasteiger partial charge in [0.25, 0.3) is 0 Å². The van der Waals surface area contributed by atoms with Crippen LogP contribution in [0.15, 0.2) is 30.4 Å². The number of benzene rings is 1. The van der Waals surface area contributed by atoms with Crippen molar-refractivity contribution in [3.63, 3.8) is 0 Å². The first-order chi connectivity index (χ1) is 9.21. The van der Waals surface area contributed by atoms with Gasteiger partial charge in [-0.05, 0) is 17.7 Å². The second-order valence-corrected chi connectivity index (χ2v) is 3.88. The fraction of sp³-hybridized carbons (Fsp3) is 0.357. The SMILES string of the molecule is COc1ccc(CC(=O)NC/C=C/CN)cc1OC. The first kappa shape index (κ1) is 15.0. The number of nitrogens with two attached hydrogens (primary N) is 1. The number of carbonyl (C=O) groups is 1. The highest BCUT2D eigenvalue weighted by molar-refractivity contribution is 5.78. The monoisotopic (exact) mass is 264 g/mol. The van der Waals surface area contributed by atoms with Gasteiger partial charge in [0.05, 0.1) is 20.6 Å². The number of methoxy groups -OCH3 is 2.